The van der Waals surface area contributed by atoms with Gasteiger partial charge in [-0.05, 0) is 128 Å². The van der Waals surface area contributed by atoms with Crippen molar-refractivity contribution in [2.75, 3.05) is 0 Å². The standard InChI is InChI=1S/C106H62N8S2/c1-4-26-64(27-5-1)85-61-88(108-103(107-85)113-90-44-18-12-34-71(90)76-59-84-98(62-95(76)113)115-96-48-22-15-39-79(96)106(84)78-38-14-20-46-92(78)111-89-43-17-10-32-69(89)73-35-24-42-82(106)99(73)111)67-52-50-63(51-53-67)68-54-55-72-74-36-25-41-81-100(74)112(94(72)58-68)93-47-21-13-37-77(93)105(81)80-40-16-23-49-97(80)116-102-83(105)57-56-75-70-33-11-19-45-91(70)114(101(75)102)104-109-86(65-28-6-2-7-29-65)60-87(110-104)66-30-8-3-9-31-66/h1-62H. The molecule has 10 heterocycles. The van der Waals surface area contributed by atoms with Gasteiger partial charge in [-0.25, -0.2) is 19.9 Å². The van der Waals surface area contributed by atoms with Crippen LogP contribution in [0.3, 0.4) is 0 Å². The molecular weight excluding hydrogens is 1450 g/mol. The minimum absolute atomic E-state index is 0.610. The average Bonchev–Trinajstić information content (AvgIpc) is 1.36. The van der Waals surface area contributed by atoms with Crippen LogP contribution < -0.4 is 0 Å². The molecule has 0 saturated heterocycles. The molecule has 4 aliphatic heterocycles. The number of rotatable bonds is 7. The second-order valence-electron chi connectivity index (χ2n) is 31.0. The molecule has 22 aromatic rings. The van der Waals surface area contributed by atoms with Gasteiger partial charge in [0.15, 0.2) is 0 Å². The third-order valence-corrected chi connectivity index (χ3v) is 27.7. The Labute approximate surface area is 674 Å². The van der Waals surface area contributed by atoms with Gasteiger partial charge in [0, 0.05) is 84.9 Å². The van der Waals surface area contributed by atoms with Crippen LogP contribution >= 0.6 is 23.5 Å². The Hall–Kier alpha value is -14.4. The molecule has 16 aromatic carbocycles. The minimum Gasteiger partial charge on any atom is -0.309 e. The van der Waals surface area contributed by atoms with Crippen LogP contribution in [-0.4, -0.2) is 38.2 Å². The van der Waals surface area contributed by atoms with Gasteiger partial charge in [0.1, 0.15) is 0 Å². The van der Waals surface area contributed by atoms with Crippen LogP contribution in [0.1, 0.15) is 44.5 Å². The number of nitrogens with zero attached hydrogens (tertiary/aromatic N) is 8. The van der Waals surface area contributed by atoms with Crippen LogP contribution in [0.25, 0.3) is 167 Å². The predicted molar refractivity (Wildman–Crippen MR) is 474 cm³/mol. The van der Waals surface area contributed by atoms with Crippen LogP contribution in [0.2, 0.25) is 0 Å². The monoisotopic (exact) mass is 1510 g/mol. The Morgan fingerprint density at radius 1 is 0.198 bits per heavy atom. The van der Waals surface area contributed by atoms with Gasteiger partial charge in [0.25, 0.3) is 0 Å². The molecule has 8 nitrogen and oxygen atoms in total. The zero-order valence-corrected chi connectivity index (χ0v) is 63.8. The lowest BCUT2D eigenvalue weighted by Gasteiger charge is -2.45. The van der Waals surface area contributed by atoms with Gasteiger partial charge < -0.3 is 9.13 Å². The molecule has 0 amide bonds. The lowest BCUT2D eigenvalue weighted by molar-refractivity contribution is 0.691. The lowest BCUT2D eigenvalue weighted by atomic mass is 9.62. The van der Waals surface area contributed by atoms with Gasteiger partial charge in [-0.15, -0.1) is 0 Å². The van der Waals surface area contributed by atoms with Gasteiger partial charge in [-0.1, -0.05) is 327 Å². The second kappa shape index (κ2) is 24.1. The van der Waals surface area contributed by atoms with Crippen LogP contribution in [0.4, 0.5) is 0 Å². The Bertz CT molecular complexity index is 7980. The maximum absolute atomic E-state index is 5.70. The lowest BCUT2D eigenvalue weighted by Crippen LogP contribution is -2.37. The summed E-state index contributed by atoms with van der Waals surface area (Å²) >= 11 is 3.73. The van der Waals surface area contributed by atoms with E-state index in [1.165, 1.54) is 108 Å². The number of benzene rings is 16. The van der Waals surface area contributed by atoms with E-state index in [0.717, 1.165) is 111 Å². The smallest absolute Gasteiger partial charge is 0.235 e. The SMILES string of the molecule is c1ccc(-c2cc(-c3ccc(-c4ccc5c6cccc7c6n(c5c4)-c4ccccc4C74c5ccccc5Sc5c4ccc4c6ccccc6n(-c6nc(-c7ccccc7)cc(-c7ccccc7)n6)c54)cc3)nc(-n3c4ccccc4c4cc5c(cc43)Sc3ccccc3C53c4ccccc4-n4c5ccccc5c5cccc3c54)n2)cc1. The van der Waals surface area contributed by atoms with E-state index in [-0.39, 0.29) is 0 Å². The molecule has 2 spiro atoms. The molecular formula is C106H62N8S2. The molecule has 0 N–H and O–H groups in total. The van der Waals surface area contributed by atoms with Crippen molar-refractivity contribution in [1.82, 2.24) is 38.2 Å². The van der Waals surface area contributed by atoms with Crippen molar-refractivity contribution < 1.29 is 0 Å². The Balaban J connectivity index is 0.628. The molecule has 0 fully saturated rings. The van der Waals surface area contributed by atoms with Gasteiger partial charge >= 0.3 is 0 Å². The van der Waals surface area contributed by atoms with Crippen LogP contribution in [0.5, 0.6) is 0 Å². The van der Waals surface area contributed by atoms with E-state index in [0.29, 0.717) is 11.9 Å². The molecule has 6 aromatic heterocycles. The van der Waals surface area contributed by atoms with Crippen LogP contribution in [0.15, 0.2) is 396 Å². The molecule has 2 unspecified atom stereocenters. The molecule has 0 saturated carbocycles. The summed E-state index contributed by atoms with van der Waals surface area (Å²) in [6.45, 7) is 0. The van der Waals surface area contributed by atoms with Crippen LogP contribution in [0, 0.1) is 0 Å². The highest BCUT2D eigenvalue weighted by Crippen LogP contribution is 2.64. The summed E-state index contributed by atoms with van der Waals surface area (Å²) in [6, 6.07) is 139. The Morgan fingerprint density at radius 2 is 0.578 bits per heavy atom. The van der Waals surface area contributed by atoms with Crippen molar-refractivity contribution in [3.63, 3.8) is 0 Å². The van der Waals surface area contributed by atoms with Gasteiger partial charge in [0.05, 0.1) is 89.1 Å². The number of hydrogen-bond acceptors (Lipinski definition) is 6. The molecule has 538 valence electrons. The van der Waals surface area contributed by atoms with Gasteiger partial charge in [-0.2, -0.15) is 0 Å². The number of para-hydroxylation sites is 7. The van der Waals surface area contributed by atoms with Crippen molar-refractivity contribution >= 4 is 111 Å². The number of fused-ring (bicyclic) bond motifs is 29. The molecule has 2 atom stereocenters. The zero-order valence-electron chi connectivity index (χ0n) is 62.2. The number of aromatic nitrogens is 8. The summed E-state index contributed by atoms with van der Waals surface area (Å²) in [6.07, 6.45) is 0. The first-order valence-electron chi connectivity index (χ1n) is 39.6. The first kappa shape index (κ1) is 64.1. The molecule has 116 heavy (non-hydrogen) atoms. The number of hydrogen-bond donors (Lipinski definition) is 0. The molecule has 0 aliphatic carbocycles. The highest BCUT2D eigenvalue weighted by Gasteiger charge is 2.52. The quantitative estimate of drug-likeness (QED) is 0.158. The predicted octanol–water partition coefficient (Wildman–Crippen LogP) is 26.3. The van der Waals surface area contributed by atoms with Gasteiger partial charge in [-0.3, -0.25) is 9.13 Å². The first-order valence-corrected chi connectivity index (χ1v) is 41.2. The van der Waals surface area contributed by atoms with Crippen molar-refractivity contribution in [3.05, 3.63) is 421 Å². The normalized spacial score (nSPS) is 15.4. The Kier molecular flexibility index (Phi) is 13.3. The molecule has 0 radical (unpaired) electrons. The Morgan fingerprint density at radius 3 is 1.15 bits per heavy atom. The van der Waals surface area contributed by atoms with E-state index in [1.807, 2.05) is 23.5 Å². The van der Waals surface area contributed by atoms with Crippen LogP contribution in [-0.2, 0) is 10.8 Å². The van der Waals surface area contributed by atoms with E-state index >= 15 is 0 Å². The maximum Gasteiger partial charge on any atom is 0.235 e. The molecule has 10 heteroatoms. The van der Waals surface area contributed by atoms with E-state index in [2.05, 4.69) is 394 Å². The largest absolute Gasteiger partial charge is 0.309 e. The van der Waals surface area contributed by atoms with Crippen molar-refractivity contribution in [2.24, 2.45) is 0 Å². The average molecular weight is 1510 g/mol. The van der Waals surface area contributed by atoms with Gasteiger partial charge in [0.2, 0.25) is 11.9 Å². The zero-order chi connectivity index (χ0) is 75.6. The molecule has 0 bridgehead atoms. The summed E-state index contributed by atoms with van der Waals surface area (Å²) < 4.78 is 9.76. The highest BCUT2D eigenvalue weighted by molar-refractivity contribution is 8.00. The van der Waals surface area contributed by atoms with E-state index < -0.39 is 10.8 Å². The summed E-state index contributed by atoms with van der Waals surface area (Å²) in [5.74, 6) is 1.24. The minimum atomic E-state index is -0.741. The summed E-state index contributed by atoms with van der Waals surface area (Å²) in [4.78, 5) is 27.2. The second-order valence-corrected chi connectivity index (χ2v) is 33.2. The summed E-state index contributed by atoms with van der Waals surface area (Å²) in [5.41, 5.74) is 29.8. The molecule has 26 rings (SSSR count). The van der Waals surface area contributed by atoms with Crippen molar-refractivity contribution in [2.45, 2.75) is 30.4 Å². The van der Waals surface area contributed by atoms with Crippen molar-refractivity contribution in [3.8, 4) is 79.4 Å². The maximum atomic E-state index is 5.70. The van der Waals surface area contributed by atoms with E-state index in [9.17, 15) is 0 Å². The summed E-state index contributed by atoms with van der Waals surface area (Å²) in [5, 5.41) is 9.52. The van der Waals surface area contributed by atoms with E-state index in [4.69, 9.17) is 19.9 Å². The fourth-order valence-corrected chi connectivity index (χ4v) is 23.1. The topological polar surface area (TPSA) is 71.3 Å². The third-order valence-electron chi connectivity index (χ3n) is 25.3. The van der Waals surface area contributed by atoms with E-state index in [1.54, 1.807) is 0 Å². The fourth-order valence-electron chi connectivity index (χ4n) is 20.6. The summed E-state index contributed by atoms with van der Waals surface area (Å²) in [7, 11) is 0. The van der Waals surface area contributed by atoms with Crippen molar-refractivity contribution in [1.29, 1.82) is 0 Å². The third kappa shape index (κ3) is 8.64. The first-order chi connectivity index (χ1) is 57.5. The molecule has 4 aliphatic rings. The fraction of sp³-hybridized carbons (Fsp3) is 0.0189. The highest BCUT2D eigenvalue weighted by atomic mass is 32.2.